The Kier molecular flexibility index (Phi) is 7.21. The van der Waals surface area contributed by atoms with E-state index in [1.54, 1.807) is 18.2 Å². The highest BCUT2D eigenvalue weighted by molar-refractivity contribution is 9.10. The molecule has 6 heteroatoms. The minimum Gasteiger partial charge on any atom is -0.350 e. The van der Waals surface area contributed by atoms with Gasteiger partial charge in [0.05, 0.1) is 0 Å². The van der Waals surface area contributed by atoms with E-state index in [9.17, 15) is 9.59 Å². The van der Waals surface area contributed by atoms with Crippen LogP contribution in [-0.2, 0) is 6.54 Å². The molecule has 0 radical (unpaired) electrons. The van der Waals surface area contributed by atoms with Crippen molar-refractivity contribution in [2.24, 2.45) is 0 Å². The summed E-state index contributed by atoms with van der Waals surface area (Å²) in [4.78, 5) is 23.9. The third-order valence-corrected chi connectivity index (χ3v) is 4.54. The number of carbonyl (C=O) groups excluding carboxylic acids is 2. The standard InChI is InChI=1S/C20H24BrN3O2/c1-13-9-14(2)18(15(3)10-13)12-24-20(26)23-8-7-22-19(25)16-5-4-6-17(21)11-16/h4-6,9-11H,7-8,12H2,1-3H3,(H,22,25)(H2,23,24,26). The quantitative estimate of drug-likeness (QED) is 0.628. The molecule has 2 rings (SSSR count). The Bertz CT molecular complexity index is 782. The predicted molar refractivity (Wildman–Crippen MR) is 107 cm³/mol. The lowest BCUT2D eigenvalue weighted by molar-refractivity contribution is 0.0953. The second-order valence-corrected chi connectivity index (χ2v) is 7.17. The highest BCUT2D eigenvalue weighted by Crippen LogP contribution is 2.16. The van der Waals surface area contributed by atoms with E-state index in [1.165, 1.54) is 16.7 Å². The summed E-state index contributed by atoms with van der Waals surface area (Å²) in [6.45, 7) is 7.36. The lowest BCUT2D eigenvalue weighted by Crippen LogP contribution is -2.40. The summed E-state index contributed by atoms with van der Waals surface area (Å²) in [6, 6.07) is 11.1. The van der Waals surface area contributed by atoms with Gasteiger partial charge in [0.1, 0.15) is 0 Å². The van der Waals surface area contributed by atoms with Crippen LogP contribution in [0.1, 0.15) is 32.6 Å². The van der Waals surface area contributed by atoms with E-state index in [0.717, 1.165) is 10.0 Å². The van der Waals surface area contributed by atoms with Crippen LogP contribution < -0.4 is 16.0 Å². The number of halogens is 1. The summed E-state index contributed by atoms with van der Waals surface area (Å²) in [7, 11) is 0. The molecule has 2 aromatic rings. The molecule has 3 amide bonds. The van der Waals surface area contributed by atoms with Crippen LogP contribution in [0.4, 0.5) is 4.79 Å². The number of benzene rings is 2. The van der Waals surface area contributed by atoms with E-state index in [4.69, 9.17) is 0 Å². The maximum absolute atomic E-state index is 12.0. The van der Waals surface area contributed by atoms with Gasteiger partial charge in [-0.05, 0) is 55.7 Å². The third-order valence-electron chi connectivity index (χ3n) is 4.05. The zero-order valence-electron chi connectivity index (χ0n) is 15.3. The molecule has 26 heavy (non-hydrogen) atoms. The lowest BCUT2D eigenvalue weighted by atomic mass is 10.00. The van der Waals surface area contributed by atoms with Crippen LogP contribution in [0.3, 0.4) is 0 Å². The maximum atomic E-state index is 12.0. The topological polar surface area (TPSA) is 70.2 Å². The van der Waals surface area contributed by atoms with Crippen LogP contribution >= 0.6 is 15.9 Å². The molecule has 0 atom stereocenters. The largest absolute Gasteiger partial charge is 0.350 e. The molecule has 0 aliphatic rings. The number of hydrogen-bond donors (Lipinski definition) is 3. The Morgan fingerprint density at radius 1 is 0.923 bits per heavy atom. The Morgan fingerprint density at radius 3 is 2.23 bits per heavy atom. The number of amides is 3. The molecule has 0 bridgehead atoms. The van der Waals surface area contributed by atoms with Gasteiger partial charge in [-0.1, -0.05) is 39.7 Å². The first kappa shape index (κ1) is 20.0. The van der Waals surface area contributed by atoms with Crippen LogP contribution in [0.5, 0.6) is 0 Å². The molecule has 138 valence electrons. The summed E-state index contributed by atoms with van der Waals surface area (Å²) in [5.74, 6) is -0.167. The van der Waals surface area contributed by atoms with Crippen molar-refractivity contribution >= 4 is 27.9 Å². The van der Waals surface area contributed by atoms with E-state index in [2.05, 4.69) is 50.9 Å². The van der Waals surface area contributed by atoms with Gasteiger partial charge in [0.2, 0.25) is 0 Å². The first-order valence-corrected chi connectivity index (χ1v) is 9.28. The first-order chi connectivity index (χ1) is 12.4. The van der Waals surface area contributed by atoms with Crippen molar-refractivity contribution in [1.29, 1.82) is 0 Å². The Hall–Kier alpha value is -2.34. The van der Waals surface area contributed by atoms with E-state index < -0.39 is 0 Å². The maximum Gasteiger partial charge on any atom is 0.315 e. The molecule has 5 nitrogen and oxygen atoms in total. The van der Waals surface area contributed by atoms with Crippen LogP contribution in [0.25, 0.3) is 0 Å². The van der Waals surface area contributed by atoms with E-state index in [1.807, 2.05) is 19.9 Å². The average molecular weight is 418 g/mol. The van der Waals surface area contributed by atoms with Crippen molar-refractivity contribution in [2.45, 2.75) is 27.3 Å². The van der Waals surface area contributed by atoms with Crippen LogP contribution in [0, 0.1) is 20.8 Å². The zero-order valence-corrected chi connectivity index (χ0v) is 16.9. The fourth-order valence-electron chi connectivity index (χ4n) is 2.80. The minimum absolute atomic E-state index is 0.167. The molecule has 0 spiro atoms. The van der Waals surface area contributed by atoms with Gasteiger partial charge in [0.25, 0.3) is 5.91 Å². The molecule has 0 aromatic heterocycles. The van der Waals surface area contributed by atoms with Crippen molar-refractivity contribution in [3.8, 4) is 0 Å². The highest BCUT2D eigenvalue weighted by Gasteiger charge is 2.07. The van der Waals surface area contributed by atoms with E-state index >= 15 is 0 Å². The smallest absolute Gasteiger partial charge is 0.315 e. The molecular weight excluding hydrogens is 394 g/mol. The number of nitrogens with one attached hydrogen (secondary N) is 3. The van der Waals surface area contributed by atoms with Gasteiger partial charge >= 0.3 is 6.03 Å². The monoisotopic (exact) mass is 417 g/mol. The molecule has 0 unspecified atom stereocenters. The zero-order chi connectivity index (χ0) is 19.1. The average Bonchev–Trinajstić information content (AvgIpc) is 2.57. The molecule has 3 N–H and O–H groups in total. The van der Waals surface area contributed by atoms with Gasteiger partial charge in [-0.25, -0.2) is 4.79 Å². The molecule has 0 saturated heterocycles. The Labute approximate surface area is 162 Å². The molecule has 2 aromatic carbocycles. The fourth-order valence-corrected chi connectivity index (χ4v) is 3.20. The number of rotatable bonds is 6. The minimum atomic E-state index is -0.249. The Balaban J connectivity index is 1.72. The van der Waals surface area contributed by atoms with Crippen molar-refractivity contribution in [2.75, 3.05) is 13.1 Å². The number of aryl methyl sites for hydroxylation is 3. The predicted octanol–water partition coefficient (Wildman–Crippen LogP) is 3.60. The highest BCUT2D eigenvalue weighted by atomic mass is 79.9. The summed E-state index contributed by atoms with van der Waals surface area (Å²) in [6.07, 6.45) is 0. The number of hydrogen-bond acceptors (Lipinski definition) is 2. The van der Waals surface area contributed by atoms with Gasteiger partial charge in [-0.3, -0.25) is 4.79 Å². The number of urea groups is 1. The summed E-state index contributed by atoms with van der Waals surface area (Å²) in [5, 5.41) is 8.38. The number of carbonyl (C=O) groups is 2. The molecule has 0 heterocycles. The molecule has 0 aliphatic carbocycles. The van der Waals surface area contributed by atoms with Crippen molar-refractivity contribution in [1.82, 2.24) is 16.0 Å². The van der Waals surface area contributed by atoms with Gasteiger partial charge in [0.15, 0.2) is 0 Å². The molecule has 0 saturated carbocycles. The van der Waals surface area contributed by atoms with Crippen molar-refractivity contribution < 1.29 is 9.59 Å². The normalized spacial score (nSPS) is 10.3. The van der Waals surface area contributed by atoms with Gasteiger partial charge in [-0.2, -0.15) is 0 Å². The van der Waals surface area contributed by atoms with Crippen molar-refractivity contribution in [3.63, 3.8) is 0 Å². The summed E-state index contributed by atoms with van der Waals surface area (Å²) in [5.41, 5.74) is 5.27. The van der Waals surface area contributed by atoms with E-state index in [0.29, 0.717) is 25.2 Å². The lowest BCUT2D eigenvalue weighted by Gasteiger charge is -2.13. The molecule has 0 fully saturated rings. The SMILES string of the molecule is Cc1cc(C)c(CNC(=O)NCCNC(=O)c2cccc(Br)c2)c(C)c1. The second kappa shape index (κ2) is 9.38. The second-order valence-electron chi connectivity index (χ2n) is 6.25. The van der Waals surface area contributed by atoms with Crippen LogP contribution in [0.15, 0.2) is 40.9 Å². The summed E-state index contributed by atoms with van der Waals surface area (Å²) < 4.78 is 0.851. The van der Waals surface area contributed by atoms with Gasteiger partial charge in [-0.15, -0.1) is 0 Å². The van der Waals surface area contributed by atoms with Gasteiger partial charge in [0, 0.05) is 29.7 Å². The summed E-state index contributed by atoms with van der Waals surface area (Å²) >= 11 is 3.34. The van der Waals surface area contributed by atoms with E-state index in [-0.39, 0.29) is 11.9 Å². The van der Waals surface area contributed by atoms with Crippen LogP contribution in [-0.4, -0.2) is 25.0 Å². The molecule has 0 aliphatic heterocycles. The molecular formula is C20H24BrN3O2. The first-order valence-electron chi connectivity index (χ1n) is 8.49. The third kappa shape index (κ3) is 5.88. The van der Waals surface area contributed by atoms with Crippen molar-refractivity contribution in [3.05, 3.63) is 68.7 Å². The van der Waals surface area contributed by atoms with Gasteiger partial charge < -0.3 is 16.0 Å². The fraction of sp³-hybridized carbons (Fsp3) is 0.300. The van der Waals surface area contributed by atoms with Crippen LogP contribution in [0.2, 0.25) is 0 Å². The Morgan fingerprint density at radius 2 is 1.58 bits per heavy atom.